The van der Waals surface area contributed by atoms with E-state index in [-0.39, 0.29) is 12.1 Å². The van der Waals surface area contributed by atoms with E-state index in [1.807, 2.05) is 6.07 Å². The molecule has 0 saturated carbocycles. The molecule has 0 aliphatic carbocycles. The highest BCUT2D eigenvalue weighted by Crippen LogP contribution is 2.24. The summed E-state index contributed by atoms with van der Waals surface area (Å²) in [6.45, 7) is -0.233. The first-order valence-corrected chi connectivity index (χ1v) is 8.07. The number of nitrogens with one attached hydrogen (secondary N) is 1. The summed E-state index contributed by atoms with van der Waals surface area (Å²) < 4.78 is 6.05. The van der Waals surface area contributed by atoms with Crippen LogP contribution in [0.2, 0.25) is 5.02 Å². The second kappa shape index (κ2) is 7.79. The Hall–Kier alpha value is -3.19. The number of hydrogen-bond donors (Lipinski definition) is 1. The molecular weight excluding hydrogens is 356 g/mol. The Morgan fingerprint density at radius 3 is 2.69 bits per heavy atom. The zero-order chi connectivity index (χ0) is 18.5. The lowest BCUT2D eigenvalue weighted by Gasteiger charge is -2.09. The fourth-order valence-electron chi connectivity index (χ4n) is 2.29. The van der Waals surface area contributed by atoms with Gasteiger partial charge < -0.3 is 10.1 Å². The highest BCUT2D eigenvalue weighted by Gasteiger charge is 2.10. The van der Waals surface area contributed by atoms with Crippen molar-refractivity contribution < 1.29 is 9.53 Å². The zero-order valence-electron chi connectivity index (χ0n) is 13.8. The van der Waals surface area contributed by atoms with Crippen LogP contribution in [0.3, 0.4) is 0 Å². The van der Waals surface area contributed by atoms with Crippen LogP contribution < -0.4 is 15.6 Å². The number of pyridine rings is 1. The largest absolute Gasteiger partial charge is 0.481 e. The molecule has 2 aromatic heterocycles. The molecule has 26 heavy (non-hydrogen) atoms. The van der Waals surface area contributed by atoms with Crippen molar-refractivity contribution in [3.63, 3.8) is 0 Å². The normalized spacial score (nSPS) is 10.4. The van der Waals surface area contributed by atoms with E-state index in [4.69, 9.17) is 16.3 Å². The molecule has 8 heteroatoms. The third-order valence-corrected chi connectivity index (χ3v) is 3.87. The lowest BCUT2D eigenvalue weighted by Crippen LogP contribution is -2.29. The molecule has 0 aliphatic heterocycles. The second-order valence-corrected chi connectivity index (χ2v) is 5.74. The number of carbonyl (C=O) groups excluding carboxylic acids is 1. The third kappa shape index (κ3) is 4.07. The Morgan fingerprint density at radius 2 is 2.00 bits per heavy atom. The van der Waals surface area contributed by atoms with Crippen LogP contribution in [0.15, 0.2) is 59.5 Å². The Bertz CT molecular complexity index is 986. The van der Waals surface area contributed by atoms with E-state index in [9.17, 15) is 9.59 Å². The maximum atomic E-state index is 12.2. The number of rotatable bonds is 5. The number of ether oxygens (including phenoxy) is 1. The van der Waals surface area contributed by atoms with Gasteiger partial charge >= 0.3 is 0 Å². The number of aromatic nitrogens is 3. The van der Waals surface area contributed by atoms with E-state index < -0.39 is 5.91 Å². The third-order valence-electron chi connectivity index (χ3n) is 3.54. The Balaban J connectivity index is 1.78. The first-order valence-electron chi connectivity index (χ1n) is 7.70. The fraction of sp³-hybridized carbons (Fsp3) is 0.111. The van der Waals surface area contributed by atoms with Crippen LogP contribution in [0.5, 0.6) is 5.88 Å². The standard InChI is InChI=1S/C18H15ClN4O3/c1-26-17-8-6-12(10-20-17)21-16(24)11-23-18(25)9-7-15(22-23)13-4-2-3-5-14(13)19/h2-10H,11H2,1H3,(H,21,24). The molecule has 0 fully saturated rings. The molecule has 1 amide bonds. The van der Waals surface area contributed by atoms with Crippen molar-refractivity contribution in [2.45, 2.75) is 6.54 Å². The number of methoxy groups -OCH3 is 1. The molecule has 1 N–H and O–H groups in total. The number of hydrogen-bond acceptors (Lipinski definition) is 5. The first kappa shape index (κ1) is 17.6. The van der Waals surface area contributed by atoms with Gasteiger partial charge in [-0.15, -0.1) is 0 Å². The molecule has 3 rings (SSSR count). The molecule has 0 atom stereocenters. The van der Waals surface area contributed by atoms with Gasteiger partial charge in [0.2, 0.25) is 11.8 Å². The average molecular weight is 371 g/mol. The number of carbonyl (C=O) groups is 1. The summed E-state index contributed by atoms with van der Waals surface area (Å²) in [4.78, 5) is 28.2. The van der Waals surface area contributed by atoms with Gasteiger partial charge in [-0.2, -0.15) is 5.10 Å². The van der Waals surface area contributed by atoms with Gasteiger partial charge in [0.05, 0.1) is 29.7 Å². The number of nitrogens with zero attached hydrogens (tertiary/aromatic N) is 3. The van der Waals surface area contributed by atoms with Crippen LogP contribution in [0, 0.1) is 0 Å². The van der Waals surface area contributed by atoms with Gasteiger partial charge in [0.1, 0.15) is 6.54 Å². The van der Waals surface area contributed by atoms with Gasteiger partial charge in [-0.05, 0) is 18.2 Å². The topological polar surface area (TPSA) is 86.1 Å². The van der Waals surface area contributed by atoms with Crippen LogP contribution in [0.25, 0.3) is 11.3 Å². The maximum absolute atomic E-state index is 12.2. The van der Waals surface area contributed by atoms with Crippen LogP contribution in [-0.4, -0.2) is 27.8 Å². The summed E-state index contributed by atoms with van der Waals surface area (Å²) in [6.07, 6.45) is 1.47. The number of halogens is 1. The minimum Gasteiger partial charge on any atom is -0.481 e. The van der Waals surface area contributed by atoms with E-state index in [2.05, 4.69) is 15.4 Å². The minimum atomic E-state index is -0.400. The van der Waals surface area contributed by atoms with Gasteiger partial charge in [-0.25, -0.2) is 9.67 Å². The van der Waals surface area contributed by atoms with Crippen molar-refractivity contribution in [2.24, 2.45) is 0 Å². The summed E-state index contributed by atoms with van der Waals surface area (Å²) in [5.74, 6) is 0.0381. The molecule has 0 saturated heterocycles. The molecule has 0 spiro atoms. The van der Waals surface area contributed by atoms with Crippen molar-refractivity contribution in [3.8, 4) is 17.1 Å². The molecule has 0 bridgehead atoms. The van der Waals surface area contributed by atoms with Crippen LogP contribution >= 0.6 is 11.6 Å². The Labute approximate surface area is 154 Å². The molecule has 7 nitrogen and oxygen atoms in total. The van der Waals surface area contributed by atoms with Crippen molar-refractivity contribution in [2.75, 3.05) is 12.4 Å². The van der Waals surface area contributed by atoms with Crippen molar-refractivity contribution in [3.05, 3.63) is 70.1 Å². The van der Waals surface area contributed by atoms with Gasteiger partial charge in [0.15, 0.2) is 0 Å². The van der Waals surface area contributed by atoms with Crippen molar-refractivity contribution in [1.82, 2.24) is 14.8 Å². The van der Waals surface area contributed by atoms with Gasteiger partial charge in [0, 0.05) is 17.7 Å². The van der Waals surface area contributed by atoms with Gasteiger partial charge in [-0.3, -0.25) is 9.59 Å². The molecule has 132 valence electrons. The van der Waals surface area contributed by atoms with Crippen LogP contribution in [-0.2, 0) is 11.3 Å². The summed E-state index contributed by atoms with van der Waals surface area (Å²) in [5, 5.41) is 7.41. The smallest absolute Gasteiger partial charge is 0.267 e. The lowest BCUT2D eigenvalue weighted by atomic mass is 10.1. The highest BCUT2D eigenvalue weighted by atomic mass is 35.5. The van der Waals surface area contributed by atoms with E-state index in [1.165, 1.54) is 19.4 Å². The number of benzene rings is 1. The summed E-state index contributed by atoms with van der Waals surface area (Å²) in [7, 11) is 1.50. The van der Waals surface area contributed by atoms with E-state index >= 15 is 0 Å². The molecule has 1 aromatic carbocycles. The molecule has 3 aromatic rings. The van der Waals surface area contributed by atoms with E-state index in [1.54, 1.807) is 36.4 Å². The summed E-state index contributed by atoms with van der Waals surface area (Å²) in [6, 6.07) is 13.4. The summed E-state index contributed by atoms with van der Waals surface area (Å²) >= 11 is 6.16. The predicted molar refractivity (Wildman–Crippen MR) is 98.4 cm³/mol. The monoisotopic (exact) mass is 370 g/mol. The SMILES string of the molecule is COc1ccc(NC(=O)Cn2nc(-c3ccccc3Cl)ccc2=O)cn1. The minimum absolute atomic E-state index is 0.233. The first-order chi connectivity index (χ1) is 12.6. The average Bonchev–Trinajstić information content (AvgIpc) is 2.65. The van der Waals surface area contributed by atoms with Gasteiger partial charge in [-0.1, -0.05) is 29.8 Å². The van der Waals surface area contributed by atoms with Crippen LogP contribution in [0.4, 0.5) is 5.69 Å². The zero-order valence-corrected chi connectivity index (χ0v) is 14.6. The molecule has 0 unspecified atom stereocenters. The lowest BCUT2D eigenvalue weighted by molar-refractivity contribution is -0.117. The van der Waals surface area contributed by atoms with E-state index in [0.717, 1.165) is 4.68 Å². The van der Waals surface area contributed by atoms with Crippen LogP contribution in [0.1, 0.15) is 0 Å². The second-order valence-electron chi connectivity index (χ2n) is 5.33. The number of anilines is 1. The van der Waals surface area contributed by atoms with Gasteiger partial charge in [0.25, 0.3) is 5.56 Å². The highest BCUT2D eigenvalue weighted by molar-refractivity contribution is 6.33. The summed E-state index contributed by atoms with van der Waals surface area (Å²) in [5.41, 5.74) is 1.30. The maximum Gasteiger partial charge on any atom is 0.267 e. The number of amides is 1. The van der Waals surface area contributed by atoms with E-state index in [0.29, 0.717) is 27.8 Å². The Morgan fingerprint density at radius 1 is 1.19 bits per heavy atom. The molecular formula is C18H15ClN4O3. The fourth-order valence-corrected chi connectivity index (χ4v) is 2.52. The molecule has 0 aliphatic rings. The molecule has 2 heterocycles. The van der Waals surface area contributed by atoms with Crippen molar-refractivity contribution in [1.29, 1.82) is 0 Å². The quantitative estimate of drug-likeness (QED) is 0.746. The molecule has 0 radical (unpaired) electrons. The Kier molecular flexibility index (Phi) is 5.28. The predicted octanol–water partition coefficient (Wildman–Crippen LogP) is 2.61. The van der Waals surface area contributed by atoms with Crippen molar-refractivity contribution >= 4 is 23.2 Å².